The molecular weight excluding hydrogens is 206 g/mol. The summed E-state index contributed by atoms with van der Waals surface area (Å²) >= 11 is 5.82. The normalized spacial score (nSPS) is 14.3. The van der Waals surface area contributed by atoms with E-state index in [-0.39, 0.29) is 12.1 Å². The summed E-state index contributed by atoms with van der Waals surface area (Å²) in [6.45, 7) is 4.18. The molecular formula is C13H16ClN. The van der Waals surface area contributed by atoms with Gasteiger partial charge in [0.15, 0.2) is 0 Å². The second kappa shape index (κ2) is 5.80. The molecule has 0 saturated carbocycles. The van der Waals surface area contributed by atoms with E-state index in [2.05, 4.69) is 25.1 Å². The van der Waals surface area contributed by atoms with Crippen LogP contribution in [0.4, 0.5) is 0 Å². The van der Waals surface area contributed by atoms with E-state index in [1.54, 1.807) is 0 Å². The van der Waals surface area contributed by atoms with Crippen LogP contribution in [0.3, 0.4) is 0 Å². The van der Waals surface area contributed by atoms with E-state index in [1.807, 2.05) is 24.3 Å². The third-order valence-electron chi connectivity index (χ3n) is 2.43. The molecule has 15 heavy (non-hydrogen) atoms. The summed E-state index contributed by atoms with van der Waals surface area (Å²) in [5, 5.41) is 4.13. The van der Waals surface area contributed by atoms with Gasteiger partial charge in [-0.3, -0.25) is 5.32 Å². The molecule has 0 saturated heterocycles. The lowest BCUT2D eigenvalue weighted by Gasteiger charge is -2.18. The minimum absolute atomic E-state index is 0.135. The highest BCUT2D eigenvalue weighted by atomic mass is 35.5. The average molecular weight is 222 g/mol. The Balaban J connectivity index is 2.65. The molecule has 2 heteroatoms. The molecule has 0 fully saturated rings. The van der Waals surface area contributed by atoms with Crippen molar-refractivity contribution in [3.8, 4) is 12.3 Å². The lowest BCUT2D eigenvalue weighted by atomic mass is 10.1. The number of rotatable bonds is 4. The molecule has 1 nitrogen and oxygen atoms in total. The minimum Gasteiger partial charge on any atom is -0.297 e. The smallest absolute Gasteiger partial charge is 0.0688 e. The highest BCUT2D eigenvalue weighted by molar-refractivity contribution is 6.30. The SMILES string of the molecule is C#CC(CC)NC(C)c1ccc(Cl)cc1. The van der Waals surface area contributed by atoms with Crippen LogP contribution in [0, 0.1) is 12.3 Å². The topological polar surface area (TPSA) is 12.0 Å². The first-order valence-electron chi connectivity index (χ1n) is 5.15. The van der Waals surface area contributed by atoms with Crippen LogP contribution < -0.4 is 5.32 Å². The zero-order valence-electron chi connectivity index (χ0n) is 9.13. The maximum absolute atomic E-state index is 5.82. The molecule has 80 valence electrons. The van der Waals surface area contributed by atoms with Gasteiger partial charge >= 0.3 is 0 Å². The second-order valence-electron chi connectivity index (χ2n) is 3.57. The van der Waals surface area contributed by atoms with Crippen molar-refractivity contribution in [1.82, 2.24) is 5.32 Å². The molecule has 0 radical (unpaired) electrons. The van der Waals surface area contributed by atoms with E-state index in [1.165, 1.54) is 5.56 Å². The standard InChI is InChI=1S/C13H16ClN/c1-4-13(5-2)15-10(3)11-6-8-12(14)9-7-11/h1,6-10,13,15H,5H2,2-3H3. The van der Waals surface area contributed by atoms with E-state index in [9.17, 15) is 0 Å². The van der Waals surface area contributed by atoms with Crippen molar-refractivity contribution in [2.24, 2.45) is 0 Å². The fourth-order valence-electron chi connectivity index (χ4n) is 1.43. The van der Waals surface area contributed by atoms with E-state index in [0.717, 1.165) is 11.4 Å². The van der Waals surface area contributed by atoms with Crippen LogP contribution in [-0.4, -0.2) is 6.04 Å². The van der Waals surface area contributed by atoms with E-state index < -0.39 is 0 Å². The highest BCUT2D eigenvalue weighted by Gasteiger charge is 2.08. The fraction of sp³-hybridized carbons (Fsp3) is 0.385. The van der Waals surface area contributed by atoms with E-state index in [0.29, 0.717) is 0 Å². The van der Waals surface area contributed by atoms with Gasteiger partial charge in [0.2, 0.25) is 0 Å². The quantitative estimate of drug-likeness (QED) is 0.769. The Kier molecular flexibility index (Phi) is 4.68. The van der Waals surface area contributed by atoms with Crippen LogP contribution in [-0.2, 0) is 0 Å². The lowest BCUT2D eigenvalue weighted by Crippen LogP contribution is -2.29. The van der Waals surface area contributed by atoms with Crippen LogP contribution >= 0.6 is 11.6 Å². The van der Waals surface area contributed by atoms with Gasteiger partial charge in [0.05, 0.1) is 6.04 Å². The predicted octanol–water partition coefficient (Wildman–Crippen LogP) is 3.40. The Labute approximate surface area is 96.8 Å². The van der Waals surface area contributed by atoms with Crippen LogP contribution in [0.5, 0.6) is 0 Å². The number of benzene rings is 1. The molecule has 0 bridgehead atoms. The van der Waals surface area contributed by atoms with Crippen molar-refractivity contribution in [2.75, 3.05) is 0 Å². The first-order chi connectivity index (χ1) is 7.17. The van der Waals surface area contributed by atoms with Crippen LogP contribution in [0.1, 0.15) is 31.9 Å². The average Bonchev–Trinajstić information content (AvgIpc) is 2.26. The van der Waals surface area contributed by atoms with Gasteiger partial charge in [0.25, 0.3) is 0 Å². The first kappa shape index (κ1) is 12.1. The van der Waals surface area contributed by atoms with E-state index >= 15 is 0 Å². The van der Waals surface area contributed by atoms with Gasteiger partial charge in [-0.2, -0.15) is 0 Å². The fourth-order valence-corrected chi connectivity index (χ4v) is 1.56. The third kappa shape index (κ3) is 3.58. The highest BCUT2D eigenvalue weighted by Crippen LogP contribution is 2.16. The van der Waals surface area contributed by atoms with Crippen LogP contribution in [0.2, 0.25) is 5.02 Å². The van der Waals surface area contributed by atoms with Crippen LogP contribution in [0.15, 0.2) is 24.3 Å². The monoisotopic (exact) mass is 221 g/mol. The molecule has 1 N–H and O–H groups in total. The molecule has 1 aromatic rings. The molecule has 0 aromatic heterocycles. The first-order valence-corrected chi connectivity index (χ1v) is 5.52. The Morgan fingerprint density at radius 2 is 2.00 bits per heavy atom. The molecule has 2 atom stereocenters. The molecule has 0 spiro atoms. The predicted molar refractivity (Wildman–Crippen MR) is 65.9 cm³/mol. The van der Waals surface area contributed by atoms with Crippen molar-refractivity contribution < 1.29 is 0 Å². The Morgan fingerprint density at radius 1 is 1.40 bits per heavy atom. The summed E-state index contributed by atoms with van der Waals surface area (Å²) in [4.78, 5) is 0. The Morgan fingerprint density at radius 3 is 2.47 bits per heavy atom. The van der Waals surface area contributed by atoms with Gasteiger partial charge in [-0.05, 0) is 31.0 Å². The Hall–Kier alpha value is -0.970. The van der Waals surface area contributed by atoms with E-state index in [4.69, 9.17) is 18.0 Å². The molecule has 0 aliphatic carbocycles. The lowest BCUT2D eigenvalue weighted by molar-refractivity contribution is 0.512. The van der Waals surface area contributed by atoms with Crippen molar-refractivity contribution in [2.45, 2.75) is 32.4 Å². The summed E-state index contributed by atoms with van der Waals surface area (Å²) in [5.74, 6) is 2.73. The molecule has 1 rings (SSSR count). The number of halogens is 1. The number of terminal acetylenes is 1. The van der Waals surface area contributed by atoms with Gasteiger partial charge in [-0.15, -0.1) is 6.42 Å². The molecule has 0 heterocycles. The summed E-state index contributed by atoms with van der Waals surface area (Å²) in [6.07, 6.45) is 6.34. The number of hydrogen-bond donors (Lipinski definition) is 1. The van der Waals surface area contributed by atoms with Crippen molar-refractivity contribution in [1.29, 1.82) is 0 Å². The zero-order chi connectivity index (χ0) is 11.3. The van der Waals surface area contributed by atoms with Crippen molar-refractivity contribution >= 4 is 11.6 Å². The minimum atomic E-state index is 0.135. The summed E-state index contributed by atoms with van der Waals surface area (Å²) in [6, 6.07) is 8.21. The molecule has 0 aliphatic heterocycles. The summed E-state index contributed by atoms with van der Waals surface area (Å²) in [5.41, 5.74) is 1.20. The van der Waals surface area contributed by atoms with Gasteiger partial charge in [-0.1, -0.05) is 36.6 Å². The largest absolute Gasteiger partial charge is 0.297 e. The van der Waals surface area contributed by atoms with Crippen molar-refractivity contribution in [3.63, 3.8) is 0 Å². The zero-order valence-corrected chi connectivity index (χ0v) is 9.88. The second-order valence-corrected chi connectivity index (χ2v) is 4.00. The summed E-state index contributed by atoms with van der Waals surface area (Å²) in [7, 11) is 0. The molecule has 2 unspecified atom stereocenters. The summed E-state index contributed by atoms with van der Waals surface area (Å²) < 4.78 is 0. The maximum Gasteiger partial charge on any atom is 0.0688 e. The molecule has 0 aliphatic rings. The Bertz CT molecular complexity index is 337. The number of hydrogen-bond acceptors (Lipinski definition) is 1. The van der Waals surface area contributed by atoms with Crippen LogP contribution in [0.25, 0.3) is 0 Å². The van der Waals surface area contributed by atoms with Gasteiger partial charge in [0.1, 0.15) is 0 Å². The van der Waals surface area contributed by atoms with Crippen molar-refractivity contribution in [3.05, 3.63) is 34.9 Å². The van der Waals surface area contributed by atoms with Gasteiger partial charge < -0.3 is 0 Å². The van der Waals surface area contributed by atoms with Gasteiger partial charge in [-0.25, -0.2) is 0 Å². The number of nitrogens with one attached hydrogen (secondary N) is 1. The molecule has 0 amide bonds. The molecule has 1 aromatic carbocycles. The maximum atomic E-state index is 5.82. The third-order valence-corrected chi connectivity index (χ3v) is 2.68. The van der Waals surface area contributed by atoms with Gasteiger partial charge in [0, 0.05) is 11.1 Å².